The van der Waals surface area contributed by atoms with Crippen LogP contribution in [0.2, 0.25) is 0 Å². The lowest BCUT2D eigenvalue weighted by molar-refractivity contribution is -0.324. The van der Waals surface area contributed by atoms with Gasteiger partial charge in [-0.2, -0.15) is 0 Å². The molecule has 5 heteroatoms. The first kappa shape index (κ1) is 11.4. The highest BCUT2D eigenvalue weighted by Gasteiger charge is 2.28. The maximum absolute atomic E-state index is 11.4. The molecule has 0 unspecified atom stereocenters. The molecule has 0 fully saturated rings. The number of halogens is 3. The van der Waals surface area contributed by atoms with E-state index < -0.39 is 13.0 Å². The van der Waals surface area contributed by atoms with Crippen molar-refractivity contribution in [3.05, 3.63) is 0 Å². The van der Waals surface area contributed by atoms with Crippen molar-refractivity contribution in [1.82, 2.24) is 0 Å². The summed E-state index contributed by atoms with van der Waals surface area (Å²) in [6.07, 6.45) is -3.92. The molecule has 0 aromatic carbocycles. The van der Waals surface area contributed by atoms with Gasteiger partial charge in [0, 0.05) is 12.8 Å². The number of carbonyl (C=O) groups is 1. The van der Waals surface area contributed by atoms with Gasteiger partial charge in [0.15, 0.2) is 0 Å². The second-order valence-electron chi connectivity index (χ2n) is 2.29. The number of carbonyl (C=O) groups excluding carboxylic acids is 1. The second-order valence-corrected chi connectivity index (χ2v) is 2.29. The molecule has 0 N–H and O–H groups in total. The molecule has 12 heavy (non-hydrogen) atoms. The fourth-order valence-corrected chi connectivity index (χ4v) is 0.634. The smallest absolute Gasteiger partial charge is 0.300 e. The maximum Gasteiger partial charge on any atom is 0.522 e. The second kappa shape index (κ2) is 5.13. The largest absolute Gasteiger partial charge is 0.522 e. The number of rotatable bonds is 5. The van der Waals surface area contributed by atoms with Gasteiger partial charge in [0.2, 0.25) is 0 Å². The van der Waals surface area contributed by atoms with Crippen LogP contribution in [0.1, 0.15) is 26.2 Å². The highest BCUT2D eigenvalue weighted by Crippen LogP contribution is 2.16. The minimum absolute atomic E-state index is 0.0409. The zero-order chi connectivity index (χ0) is 9.61. The van der Waals surface area contributed by atoms with E-state index in [1.165, 1.54) is 0 Å². The molecular weight excluding hydrogens is 173 g/mol. The van der Waals surface area contributed by atoms with Crippen LogP contribution < -0.4 is 0 Å². The van der Waals surface area contributed by atoms with Crippen LogP contribution in [0, 0.1) is 0 Å². The Kier molecular flexibility index (Phi) is 4.89. The van der Waals surface area contributed by atoms with E-state index in [4.69, 9.17) is 0 Å². The molecule has 0 amide bonds. The van der Waals surface area contributed by atoms with E-state index in [9.17, 15) is 18.0 Å². The van der Waals surface area contributed by atoms with Crippen LogP contribution in [0.4, 0.5) is 13.2 Å². The van der Waals surface area contributed by atoms with Crippen molar-refractivity contribution < 1.29 is 22.7 Å². The van der Waals surface area contributed by atoms with Crippen molar-refractivity contribution in [2.45, 2.75) is 32.5 Å². The quantitative estimate of drug-likeness (QED) is 0.612. The van der Waals surface area contributed by atoms with E-state index >= 15 is 0 Å². The minimum atomic E-state index is -4.57. The van der Waals surface area contributed by atoms with Crippen LogP contribution in [0.25, 0.3) is 0 Å². The summed E-state index contributed by atoms with van der Waals surface area (Å²) in [5.74, 6) is -0.0409. The number of ether oxygens (including phenoxy) is 1. The number of alkyl halides is 3. The average Bonchev–Trinajstić information content (AvgIpc) is 1.96. The van der Waals surface area contributed by atoms with Gasteiger partial charge in [-0.15, -0.1) is 13.2 Å². The third-order valence-electron chi connectivity index (χ3n) is 1.26. The molecule has 0 rings (SSSR count). The summed E-state index contributed by atoms with van der Waals surface area (Å²) in [4.78, 5) is 10.6. The Bertz CT molecular complexity index is 142. The Morgan fingerprint density at radius 2 is 2.00 bits per heavy atom. The normalized spacial score (nSPS) is 11.7. The number of ketones is 1. The lowest BCUT2D eigenvalue weighted by atomic mass is 10.2. The van der Waals surface area contributed by atoms with E-state index in [1.54, 1.807) is 6.92 Å². The average molecular weight is 184 g/mol. The fraction of sp³-hybridized carbons (Fsp3) is 0.857. The monoisotopic (exact) mass is 184 g/mol. The summed E-state index contributed by atoms with van der Waals surface area (Å²) >= 11 is 0. The molecule has 0 saturated carbocycles. The van der Waals surface area contributed by atoms with E-state index in [1.807, 2.05) is 0 Å². The molecule has 0 radical (unpaired) electrons. The molecule has 0 aliphatic carbocycles. The van der Waals surface area contributed by atoms with Crippen LogP contribution >= 0.6 is 0 Å². The Hall–Kier alpha value is -0.580. The Morgan fingerprint density at radius 1 is 1.42 bits per heavy atom. The number of Topliss-reactive ketones (excluding diaryl/α,β-unsaturated/α-hetero) is 1. The Morgan fingerprint density at radius 3 is 2.42 bits per heavy atom. The first-order chi connectivity index (χ1) is 5.45. The molecule has 0 aromatic heterocycles. The van der Waals surface area contributed by atoms with Gasteiger partial charge >= 0.3 is 6.36 Å². The topological polar surface area (TPSA) is 26.3 Å². The lowest BCUT2D eigenvalue weighted by Crippen LogP contribution is -2.14. The summed E-state index contributed by atoms with van der Waals surface area (Å²) < 4.78 is 37.5. The van der Waals surface area contributed by atoms with E-state index in [0.29, 0.717) is 6.42 Å². The predicted octanol–water partition coefficient (Wildman–Crippen LogP) is 2.28. The highest BCUT2D eigenvalue weighted by atomic mass is 19.4. The Balaban J connectivity index is 3.28. The van der Waals surface area contributed by atoms with Crippen LogP contribution in [-0.2, 0) is 9.53 Å². The minimum Gasteiger partial charge on any atom is -0.300 e. The molecule has 0 aliphatic rings. The standard InChI is InChI=1S/C7H11F3O2/c1-2-6(11)4-3-5-12-7(8,9)10/h2-5H2,1H3. The summed E-state index contributed by atoms with van der Waals surface area (Å²) in [5, 5.41) is 0. The zero-order valence-electron chi connectivity index (χ0n) is 6.78. The van der Waals surface area contributed by atoms with Gasteiger partial charge in [-0.1, -0.05) is 6.92 Å². The third-order valence-corrected chi connectivity index (χ3v) is 1.26. The van der Waals surface area contributed by atoms with E-state index in [2.05, 4.69) is 4.74 Å². The van der Waals surface area contributed by atoms with Gasteiger partial charge in [0.1, 0.15) is 5.78 Å². The van der Waals surface area contributed by atoms with Gasteiger partial charge in [-0.25, -0.2) is 0 Å². The number of hydrogen-bond donors (Lipinski definition) is 0. The van der Waals surface area contributed by atoms with Crippen molar-refractivity contribution in [3.63, 3.8) is 0 Å². The van der Waals surface area contributed by atoms with Gasteiger partial charge in [-0.3, -0.25) is 9.53 Å². The molecule has 72 valence electrons. The predicted molar refractivity (Wildman–Crippen MR) is 36.5 cm³/mol. The first-order valence-corrected chi connectivity index (χ1v) is 3.68. The molecule has 0 spiro atoms. The van der Waals surface area contributed by atoms with Crippen molar-refractivity contribution in [2.75, 3.05) is 6.61 Å². The molecular formula is C7H11F3O2. The molecule has 0 aromatic rings. The van der Waals surface area contributed by atoms with Crippen LogP contribution in [0.15, 0.2) is 0 Å². The van der Waals surface area contributed by atoms with Gasteiger partial charge < -0.3 is 0 Å². The SMILES string of the molecule is CCC(=O)CCCOC(F)(F)F. The van der Waals surface area contributed by atoms with Gasteiger partial charge in [-0.05, 0) is 6.42 Å². The van der Waals surface area contributed by atoms with Crippen LogP contribution in [0.5, 0.6) is 0 Å². The maximum atomic E-state index is 11.4. The van der Waals surface area contributed by atoms with E-state index in [-0.39, 0.29) is 18.6 Å². The number of hydrogen-bond acceptors (Lipinski definition) is 2. The Labute approximate surface area is 68.7 Å². The molecule has 0 saturated heterocycles. The lowest BCUT2D eigenvalue weighted by Gasteiger charge is -2.05. The zero-order valence-corrected chi connectivity index (χ0v) is 6.78. The third kappa shape index (κ3) is 7.53. The van der Waals surface area contributed by atoms with Crippen LogP contribution in [0.3, 0.4) is 0 Å². The molecule has 2 nitrogen and oxygen atoms in total. The summed E-state index contributed by atoms with van der Waals surface area (Å²) in [6.45, 7) is 1.24. The highest BCUT2D eigenvalue weighted by molar-refractivity contribution is 5.77. The summed E-state index contributed by atoms with van der Waals surface area (Å²) in [6, 6.07) is 0. The summed E-state index contributed by atoms with van der Waals surface area (Å²) in [5.41, 5.74) is 0. The molecule has 0 aliphatic heterocycles. The van der Waals surface area contributed by atoms with Crippen molar-refractivity contribution in [1.29, 1.82) is 0 Å². The summed E-state index contributed by atoms with van der Waals surface area (Å²) in [7, 11) is 0. The van der Waals surface area contributed by atoms with Crippen molar-refractivity contribution >= 4 is 5.78 Å². The molecule has 0 bridgehead atoms. The van der Waals surface area contributed by atoms with Crippen molar-refractivity contribution in [2.24, 2.45) is 0 Å². The molecule has 0 atom stereocenters. The van der Waals surface area contributed by atoms with Gasteiger partial charge in [0.05, 0.1) is 6.61 Å². The molecule has 0 heterocycles. The van der Waals surface area contributed by atoms with Gasteiger partial charge in [0.25, 0.3) is 0 Å². The fourth-order valence-electron chi connectivity index (χ4n) is 0.634. The van der Waals surface area contributed by atoms with Crippen LogP contribution in [-0.4, -0.2) is 18.8 Å². The van der Waals surface area contributed by atoms with E-state index in [0.717, 1.165) is 0 Å². The first-order valence-electron chi connectivity index (χ1n) is 3.68. The van der Waals surface area contributed by atoms with Crippen molar-refractivity contribution in [3.8, 4) is 0 Å².